The average Bonchev–Trinajstić information content (AvgIpc) is 2.69. The van der Waals surface area contributed by atoms with Crippen molar-refractivity contribution in [2.75, 3.05) is 6.61 Å². The fourth-order valence-electron chi connectivity index (χ4n) is 1.49. The van der Waals surface area contributed by atoms with Crippen LogP contribution in [0.4, 0.5) is 0 Å². The van der Waals surface area contributed by atoms with E-state index in [1.165, 1.54) is 4.57 Å². The Bertz CT molecular complexity index is 501. The zero-order valence-corrected chi connectivity index (χ0v) is 8.67. The zero-order valence-electron chi connectivity index (χ0n) is 8.67. The highest BCUT2D eigenvalue weighted by molar-refractivity contribution is 5.54. The zero-order chi connectivity index (χ0) is 11.4. The molecule has 1 aromatic heterocycles. The maximum absolute atomic E-state index is 11.4. The molecule has 1 aromatic carbocycles. The van der Waals surface area contributed by atoms with Crippen molar-refractivity contribution in [1.82, 2.24) is 9.72 Å². The second-order valence-electron chi connectivity index (χ2n) is 3.37. The van der Waals surface area contributed by atoms with Crippen LogP contribution < -0.4 is 5.76 Å². The fourth-order valence-corrected chi connectivity index (χ4v) is 1.49. The second kappa shape index (κ2) is 4.76. The van der Waals surface area contributed by atoms with Gasteiger partial charge in [-0.1, -0.05) is 35.5 Å². The van der Waals surface area contributed by atoms with E-state index in [0.717, 1.165) is 5.56 Å². The Labute approximate surface area is 91.9 Å². The first-order chi connectivity index (χ1) is 7.83. The van der Waals surface area contributed by atoms with Crippen molar-refractivity contribution in [2.45, 2.75) is 13.0 Å². The van der Waals surface area contributed by atoms with Gasteiger partial charge in [-0.3, -0.25) is 9.09 Å². The molecule has 1 N–H and O–H groups in total. The van der Waals surface area contributed by atoms with Gasteiger partial charge in [-0.25, -0.2) is 4.79 Å². The summed E-state index contributed by atoms with van der Waals surface area (Å²) < 4.78 is 6.05. The summed E-state index contributed by atoms with van der Waals surface area (Å²) >= 11 is 0. The molecule has 0 fully saturated rings. The molecule has 16 heavy (non-hydrogen) atoms. The number of nitrogens with zero attached hydrogens (tertiary/aromatic N) is 2. The van der Waals surface area contributed by atoms with Crippen molar-refractivity contribution in [3.8, 4) is 11.4 Å². The minimum atomic E-state index is -0.493. The largest absolute Gasteiger partial charge is 0.441 e. The lowest BCUT2D eigenvalue weighted by Gasteiger charge is -2.02. The first-order valence-electron chi connectivity index (χ1n) is 5.05. The van der Waals surface area contributed by atoms with Crippen LogP contribution in [0.15, 0.2) is 39.6 Å². The van der Waals surface area contributed by atoms with Gasteiger partial charge < -0.3 is 5.11 Å². The van der Waals surface area contributed by atoms with Gasteiger partial charge in [-0.2, -0.15) is 0 Å². The summed E-state index contributed by atoms with van der Waals surface area (Å²) in [6.07, 6.45) is 0.501. The maximum Gasteiger partial charge on any atom is 0.441 e. The molecule has 84 valence electrons. The van der Waals surface area contributed by atoms with Crippen LogP contribution in [0, 0.1) is 0 Å². The first kappa shape index (κ1) is 10.6. The molecule has 0 unspecified atom stereocenters. The van der Waals surface area contributed by atoms with Crippen LogP contribution in [0.3, 0.4) is 0 Å². The summed E-state index contributed by atoms with van der Waals surface area (Å²) in [5.41, 5.74) is 0.825. The molecule has 2 rings (SSSR count). The molecule has 0 aliphatic heterocycles. The lowest BCUT2D eigenvalue weighted by atomic mass is 10.2. The van der Waals surface area contributed by atoms with Gasteiger partial charge in [0, 0.05) is 18.7 Å². The summed E-state index contributed by atoms with van der Waals surface area (Å²) in [4.78, 5) is 11.4. The highest BCUT2D eigenvalue weighted by atomic mass is 16.5. The molecule has 0 bridgehead atoms. The van der Waals surface area contributed by atoms with Gasteiger partial charge >= 0.3 is 5.76 Å². The highest BCUT2D eigenvalue weighted by Crippen LogP contribution is 2.14. The Morgan fingerprint density at radius 1 is 1.31 bits per heavy atom. The van der Waals surface area contributed by atoms with E-state index in [1.54, 1.807) is 0 Å². The van der Waals surface area contributed by atoms with Crippen LogP contribution >= 0.6 is 0 Å². The second-order valence-corrected chi connectivity index (χ2v) is 3.37. The molecule has 2 aromatic rings. The van der Waals surface area contributed by atoms with Crippen molar-refractivity contribution in [1.29, 1.82) is 0 Å². The molecule has 0 atom stereocenters. The summed E-state index contributed by atoms with van der Waals surface area (Å²) in [5.74, 6) is 0.00588. The summed E-state index contributed by atoms with van der Waals surface area (Å²) in [5, 5.41) is 12.5. The molecule has 0 saturated heterocycles. The van der Waals surface area contributed by atoms with E-state index >= 15 is 0 Å². The smallest absolute Gasteiger partial charge is 0.396 e. The van der Waals surface area contributed by atoms with Gasteiger partial charge in [0.2, 0.25) is 0 Å². The minimum absolute atomic E-state index is 0.0336. The minimum Gasteiger partial charge on any atom is -0.396 e. The van der Waals surface area contributed by atoms with Crippen LogP contribution in [0.5, 0.6) is 0 Å². The monoisotopic (exact) mass is 220 g/mol. The van der Waals surface area contributed by atoms with E-state index in [9.17, 15) is 4.79 Å². The molecule has 0 aliphatic rings. The number of hydrogen-bond acceptors (Lipinski definition) is 4. The predicted molar refractivity (Wildman–Crippen MR) is 57.9 cm³/mol. The third-order valence-electron chi connectivity index (χ3n) is 2.26. The number of hydrogen-bond donors (Lipinski definition) is 1. The normalized spacial score (nSPS) is 10.6. The molecule has 0 radical (unpaired) electrons. The molecular formula is C11H12N2O3. The average molecular weight is 220 g/mol. The van der Waals surface area contributed by atoms with Crippen molar-refractivity contribution in [3.63, 3.8) is 0 Å². The Morgan fingerprint density at radius 3 is 2.75 bits per heavy atom. The summed E-state index contributed by atoms with van der Waals surface area (Å²) in [7, 11) is 0. The van der Waals surface area contributed by atoms with E-state index in [2.05, 4.69) is 9.68 Å². The van der Waals surface area contributed by atoms with Crippen molar-refractivity contribution in [3.05, 3.63) is 40.9 Å². The Hall–Kier alpha value is -1.88. The predicted octanol–water partition coefficient (Wildman–Crippen LogP) is 0.886. The number of aromatic nitrogens is 2. The molecular weight excluding hydrogens is 208 g/mol. The number of aliphatic hydroxyl groups excluding tert-OH is 1. The van der Waals surface area contributed by atoms with E-state index in [0.29, 0.717) is 18.8 Å². The van der Waals surface area contributed by atoms with Crippen molar-refractivity contribution < 1.29 is 9.63 Å². The van der Waals surface area contributed by atoms with E-state index in [4.69, 9.17) is 5.11 Å². The van der Waals surface area contributed by atoms with Gasteiger partial charge in [-0.15, -0.1) is 0 Å². The molecule has 0 aliphatic carbocycles. The molecule has 0 saturated carbocycles. The highest BCUT2D eigenvalue weighted by Gasteiger charge is 2.11. The topological polar surface area (TPSA) is 68.3 Å². The van der Waals surface area contributed by atoms with Gasteiger partial charge in [0.25, 0.3) is 0 Å². The van der Waals surface area contributed by atoms with Gasteiger partial charge in [-0.05, 0) is 6.42 Å². The van der Waals surface area contributed by atoms with Crippen LogP contribution in [0.2, 0.25) is 0 Å². The number of benzene rings is 1. The van der Waals surface area contributed by atoms with Gasteiger partial charge in [0.05, 0.1) is 0 Å². The van der Waals surface area contributed by atoms with Crippen LogP contribution in [0.1, 0.15) is 6.42 Å². The first-order valence-corrected chi connectivity index (χ1v) is 5.05. The van der Waals surface area contributed by atoms with Gasteiger partial charge in [0.15, 0.2) is 5.82 Å². The molecule has 0 spiro atoms. The van der Waals surface area contributed by atoms with Crippen LogP contribution in [-0.4, -0.2) is 21.4 Å². The fraction of sp³-hybridized carbons (Fsp3) is 0.273. The number of aliphatic hydroxyl groups is 1. The molecule has 1 heterocycles. The molecule has 0 amide bonds. The van der Waals surface area contributed by atoms with Gasteiger partial charge in [0.1, 0.15) is 0 Å². The molecule has 5 heteroatoms. The summed E-state index contributed by atoms with van der Waals surface area (Å²) in [6, 6.07) is 9.33. The third kappa shape index (κ3) is 2.04. The third-order valence-corrected chi connectivity index (χ3v) is 2.26. The Balaban J connectivity index is 2.38. The van der Waals surface area contributed by atoms with E-state index < -0.39 is 5.76 Å². The summed E-state index contributed by atoms with van der Waals surface area (Å²) in [6.45, 7) is 0.439. The lowest BCUT2D eigenvalue weighted by molar-refractivity contribution is 0.277. The molecule has 5 nitrogen and oxygen atoms in total. The SMILES string of the molecule is O=c1onc(-c2ccccc2)n1CCCO. The Kier molecular flexibility index (Phi) is 3.16. The van der Waals surface area contributed by atoms with Crippen molar-refractivity contribution in [2.24, 2.45) is 0 Å². The standard InChI is InChI=1S/C11H12N2O3/c14-8-4-7-13-10(12-16-11(13)15)9-5-2-1-3-6-9/h1-3,5-6,14H,4,7-8H2. The van der Waals surface area contributed by atoms with E-state index in [-0.39, 0.29) is 6.61 Å². The Morgan fingerprint density at radius 2 is 2.06 bits per heavy atom. The lowest BCUT2D eigenvalue weighted by Crippen LogP contribution is -2.16. The van der Waals surface area contributed by atoms with Crippen LogP contribution in [-0.2, 0) is 6.54 Å². The maximum atomic E-state index is 11.4. The van der Waals surface area contributed by atoms with E-state index in [1.807, 2.05) is 30.3 Å². The van der Waals surface area contributed by atoms with Crippen LogP contribution in [0.25, 0.3) is 11.4 Å². The number of rotatable bonds is 4. The van der Waals surface area contributed by atoms with Crippen molar-refractivity contribution >= 4 is 0 Å². The quantitative estimate of drug-likeness (QED) is 0.830.